The van der Waals surface area contributed by atoms with Crippen LogP contribution in [0.25, 0.3) is 0 Å². The fraction of sp³-hybridized carbons (Fsp3) is 1.00. The Balaban J connectivity index is 0.0000000900. The summed E-state index contributed by atoms with van der Waals surface area (Å²) in [6, 6.07) is 0. The molecule has 1 nitrogen and oxygen atoms in total. The van der Waals surface area contributed by atoms with Crippen molar-refractivity contribution in [2.24, 2.45) is 0 Å². The molecule has 0 N–H and O–H groups in total. The minimum absolute atomic E-state index is 0. The molecule has 0 spiro atoms. The third-order valence-electron chi connectivity index (χ3n) is 0.204. The van der Waals surface area contributed by atoms with Crippen molar-refractivity contribution >= 4 is 29.6 Å². The van der Waals surface area contributed by atoms with Gasteiger partial charge in [0.15, 0.2) is 0 Å². The second kappa shape index (κ2) is 2.21. The normalized spacial score (nSPS) is 18.0. The van der Waals surface area contributed by atoms with Crippen LogP contribution < -0.4 is 0 Å². The largest absolute Gasteiger partial charge is 0.377 e. The Bertz CT molecular complexity index is 10.8. The molecule has 19 valence electrons. The van der Waals surface area contributed by atoms with Crippen molar-refractivity contribution in [1.82, 2.24) is 0 Å². The summed E-state index contributed by atoms with van der Waals surface area (Å²) in [5.74, 6) is 0. The van der Waals surface area contributed by atoms with Crippen LogP contribution in [0.4, 0.5) is 0 Å². The zero-order valence-corrected chi connectivity index (χ0v) is 4.82. The Morgan fingerprint density at radius 2 is 1.50 bits per heavy atom. The fourth-order valence-corrected chi connectivity index (χ4v) is 0. The molecule has 0 aromatic carbocycles. The van der Waals surface area contributed by atoms with Crippen molar-refractivity contribution in [2.75, 3.05) is 13.2 Å². The summed E-state index contributed by atoms with van der Waals surface area (Å²) < 4.78 is 4.50. The Kier molecular flexibility index (Phi) is 2.74. The predicted molar refractivity (Wildman–Crippen MR) is 16.6 cm³/mol. The summed E-state index contributed by atoms with van der Waals surface area (Å²) in [6.45, 7) is 2.00. The maximum absolute atomic E-state index is 4.50. The molecule has 1 fully saturated rings. The second-order valence-corrected chi connectivity index (χ2v) is 0.612. The fourth-order valence-electron chi connectivity index (χ4n) is 0. The van der Waals surface area contributed by atoms with E-state index in [4.69, 9.17) is 0 Å². The van der Waals surface area contributed by atoms with Gasteiger partial charge in [0.25, 0.3) is 0 Å². The Morgan fingerprint density at radius 1 is 1.25 bits per heavy atom. The molecule has 0 aliphatic carbocycles. The first-order valence-electron chi connectivity index (χ1n) is 1.08. The van der Waals surface area contributed by atoms with Crippen LogP contribution in [0, 0.1) is 0 Å². The number of ether oxygens (including phenoxy) is 1. The molecule has 4 heavy (non-hydrogen) atoms. The Morgan fingerprint density at radius 3 is 1.50 bits per heavy atom. The molecule has 0 atom stereocenters. The van der Waals surface area contributed by atoms with Crippen LogP contribution >= 0.6 is 0 Å². The summed E-state index contributed by atoms with van der Waals surface area (Å²) in [5, 5.41) is 0. The number of hydrogen-bond donors (Lipinski definition) is 0. The molecule has 0 aromatic rings. The van der Waals surface area contributed by atoms with Crippen LogP contribution in [0.3, 0.4) is 0 Å². The summed E-state index contributed by atoms with van der Waals surface area (Å²) in [5.41, 5.74) is 0. The Hall–Kier alpha value is 0.960. The summed E-state index contributed by atoms with van der Waals surface area (Å²) in [7, 11) is 0. The van der Waals surface area contributed by atoms with Gasteiger partial charge in [-0.2, -0.15) is 0 Å². The van der Waals surface area contributed by atoms with Crippen molar-refractivity contribution < 1.29 is 4.74 Å². The van der Waals surface area contributed by atoms with Gasteiger partial charge in [0, 0.05) is 29.6 Å². The van der Waals surface area contributed by atoms with E-state index in [-0.39, 0.29) is 29.6 Å². The van der Waals surface area contributed by atoms with Crippen LogP contribution in [-0.2, 0) is 4.74 Å². The predicted octanol–water partition coefficient (Wildman–Crippen LogP) is -0.364. The minimum Gasteiger partial charge on any atom is -0.377 e. The van der Waals surface area contributed by atoms with Gasteiger partial charge in [-0.1, -0.05) is 0 Å². The SMILES string of the molecule is C1CO1.[Na]. The quantitative estimate of drug-likeness (QED) is 0.278. The van der Waals surface area contributed by atoms with Crippen LogP contribution in [0.5, 0.6) is 0 Å². The average molecular weight is 67.0 g/mol. The van der Waals surface area contributed by atoms with Gasteiger partial charge in [0.2, 0.25) is 0 Å². The Labute approximate surface area is 47.6 Å². The molecule has 1 aliphatic heterocycles. The first-order chi connectivity index (χ1) is 1.50. The number of hydrogen-bond acceptors (Lipinski definition) is 1. The van der Waals surface area contributed by atoms with Gasteiger partial charge in [0.1, 0.15) is 0 Å². The van der Waals surface area contributed by atoms with E-state index in [1.807, 2.05) is 0 Å². The number of epoxide rings is 1. The first kappa shape index (κ1) is 4.96. The average Bonchev–Trinajstić information content (AvgIpc) is 1.46. The molecule has 1 radical (unpaired) electrons. The first-order valence-corrected chi connectivity index (χ1v) is 1.08. The van der Waals surface area contributed by atoms with Crippen LogP contribution in [0.15, 0.2) is 0 Å². The third kappa shape index (κ3) is 2.96. The molecule has 0 saturated carbocycles. The van der Waals surface area contributed by atoms with Gasteiger partial charge in [0.05, 0.1) is 13.2 Å². The van der Waals surface area contributed by atoms with Crippen LogP contribution in [0.1, 0.15) is 0 Å². The zero-order valence-electron chi connectivity index (χ0n) is 2.82. The van der Waals surface area contributed by atoms with Gasteiger partial charge in [-0.05, 0) is 0 Å². The third-order valence-corrected chi connectivity index (χ3v) is 0.204. The van der Waals surface area contributed by atoms with E-state index < -0.39 is 0 Å². The van der Waals surface area contributed by atoms with E-state index in [9.17, 15) is 0 Å². The molecule has 1 aliphatic rings. The summed E-state index contributed by atoms with van der Waals surface area (Å²) in [4.78, 5) is 0. The van der Waals surface area contributed by atoms with Crippen molar-refractivity contribution in [3.05, 3.63) is 0 Å². The molecular weight excluding hydrogens is 63.0 g/mol. The molecule has 0 bridgehead atoms. The van der Waals surface area contributed by atoms with Gasteiger partial charge in [-0.25, -0.2) is 0 Å². The standard InChI is InChI=1S/C2H4O.Na/c1-2-3-1;/h1-2H2;. The van der Waals surface area contributed by atoms with Crippen LogP contribution in [-0.4, -0.2) is 42.8 Å². The van der Waals surface area contributed by atoms with E-state index in [1.165, 1.54) is 0 Å². The molecule has 1 heterocycles. The molecule has 0 amide bonds. The molecular formula is C2H4NaO. The maximum Gasteiger partial charge on any atom is 0.0701 e. The molecule has 0 aromatic heterocycles. The monoisotopic (exact) mass is 67.0 g/mol. The van der Waals surface area contributed by atoms with Crippen molar-refractivity contribution in [1.29, 1.82) is 0 Å². The molecule has 1 saturated heterocycles. The van der Waals surface area contributed by atoms with Gasteiger partial charge < -0.3 is 4.74 Å². The van der Waals surface area contributed by atoms with Gasteiger partial charge >= 0.3 is 0 Å². The summed E-state index contributed by atoms with van der Waals surface area (Å²) in [6.07, 6.45) is 0. The van der Waals surface area contributed by atoms with Crippen LogP contribution in [0.2, 0.25) is 0 Å². The molecule has 1 rings (SSSR count). The van der Waals surface area contributed by atoms with E-state index in [1.54, 1.807) is 0 Å². The second-order valence-electron chi connectivity index (χ2n) is 0.612. The molecule has 0 unspecified atom stereocenters. The van der Waals surface area contributed by atoms with E-state index in [0.29, 0.717) is 0 Å². The zero-order chi connectivity index (χ0) is 2.12. The summed E-state index contributed by atoms with van der Waals surface area (Å²) >= 11 is 0. The minimum atomic E-state index is 0. The maximum atomic E-state index is 4.50. The van der Waals surface area contributed by atoms with Crippen molar-refractivity contribution in [3.63, 3.8) is 0 Å². The molecule has 2 heteroatoms. The van der Waals surface area contributed by atoms with Crippen molar-refractivity contribution in [2.45, 2.75) is 0 Å². The van der Waals surface area contributed by atoms with E-state index in [2.05, 4.69) is 4.74 Å². The van der Waals surface area contributed by atoms with Crippen molar-refractivity contribution in [3.8, 4) is 0 Å². The smallest absolute Gasteiger partial charge is 0.0701 e. The van der Waals surface area contributed by atoms with E-state index in [0.717, 1.165) is 13.2 Å². The van der Waals surface area contributed by atoms with E-state index >= 15 is 0 Å². The van der Waals surface area contributed by atoms with Gasteiger partial charge in [-0.3, -0.25) is 0 Å². The van der Waals surface area contributed by atoms with Gasteiger partial charge in [-0.15, -0.1) is 0 Å². The topological polar surface area (TPSA) is 12.5 Å². The number of rotatable bonds is 0.